The van der Waals surface area contributed by atoms with E-state index in [0.717, 1.165) is 23.1 Å². The summed E-state index contributed by atoms with van der Waals surface area (Å²) in [5.41, 5.74) is 11.1. The Morgan fingerprint density at radius 1 is 0.467 bits per heavy atom. The Morgan fingerprint density at radius 2 is 0.867 bits per heavy atom. The van der Waals surface area contributed by atoms with Crippen LogP contribution in [-0.2, 0) is 46.5 Å². The number of hydrogen-bond acceptors (Lipinski definition) is 16. The van der Waals surface area contributed by atoms with Crippen molar-refractivity contribution in [3.63, 3.8) is 0 Å². The SMILES string of the molecule is CC(C)c1ccc(CCCO[N+](=O)[O-])cc1.CC(C)c1ccc(CCO[N+](=O)[O-])cc1.Cc1cc(/C=C/C(=O)OCCCCO[N+](=O)[O-])ccc1C(C)C.Cc1cc(C(=O)OCCCCO[N+](=O)[O-])ccc1C(C)C. The molecular formula is C55H76N4O16. The van der Waals surface area contributed by atoms with Crippen molar-refractivity contribution in [2.24, 2.45) is 0 Å². The fraction of sp³-hybridized carbons (Fsp3) is 0.491. The zero-order valence-electron chi connectivity index (χ0n) is 45.1. The van der Waals surface area contributed by atoms with Gasteiger partial charge in [0.2, 0.25) is 0 Å². The lowest BCUT2D eigenvalue weighted by atomic mass is 9.96. The van der Waals surface area contributed by atoms with Gasteiger partial charge in [-0.2, -0.15) is 0 Å². The molecule has 0 heterocycles. The van der Waals surface area contributed by atoms with E-state index in [2.05, 4.69) is 112 Å². The Labute approximate surface area is 440 Å². The average molecular weight is 1050 g/mol. The highest BCUT2D eigenvalue weighted by atomic mass is 17.0. The molecule has 20 heteroatoms. The molecule has 0 radical (unpaired) electrons. The van der Waals surface area contributed by atoms with Crippen LogP contribution in [0.5, 0.6) is 0 Å². The lowest BCUT2D eigenvalue weighted by Gasteiger charge is -2.11. The molecule has 4 rings (SSSR count). The number of hydrogen-bond donors (Lipinski definition) is 0. The number of ether oxygens (including phenoxy) is 2. The van der Waals surface area contributed by atoms with Crippen molar-refractivity contribution in [2.45, 2.75) is 138 Å². The predicted molar refractivity (Wildman–Crippen MR) is 284 cm³/mol. The van der Waals surface area contributed by atoms with Crippen LogP contribution in [0.3, 0.4) is 0 Å². The van der Waals surface area contributed by atoms with Gasteiger partial charge in [-0.15, -0.1) is 40.5 Å². The van der Waals surface area contributed by atoms with Crippen LogP contribution in [0.1, 0.15) is 172 Å². The van der Waals surface area contributed by atoms with Crippen LogP contribution in [0.2, 0.25) is 0 Å². The normalized spacial score (nSPS) is 10.6. The number of unbranched alkanes of at least 4 members (excludes halogenated alkanes) is 2. The van der Waals surface area contributed by atoms with Gasteiger partial charge in [0.1, 0.15) is 6.61 Å². The van der Waals surface area contributed by atoms with Crippen molar-refractivity contribution in [3.05, 3.63) is 187 Å². The fourth-order valence-corrected chi connectivity index (χ4v) is 7.01. The van der Waals surface area contributed by atoms with E-state index in [1.54, 1.807) is 12.1 Å². The van der Waals surface area contributed by atoms with Crippen molar-refractivity contribution >= 4 is 18.0 Å². The van der Waals surface area contributed by atoms with E-state index >= 15 is 0 Å². The number of carbonyl (C=O) groups is 2. The van der Waals surface area contributed by atoms with Crippen molar-refractivity contribution < 1.29 is 58.8 Å². The van der Waals surface area contributed by atoms with Crippen molar-refractivity contribution in [1.82, 2.24) is 0 Å². The van der Waals surface area contributed by atoms with E-state index < -0.39 is 26.3 Å². The molecule has 4 aromatic carbocycles. The van der Waals surface area contributed by atoms with E-state index in [0.29, 0.717) is 67.8 Å². The molecule has 412 valence electrons. The standard InChI is InChI=1S/C17H23NO5.C15H21NO5.C12H17NO3.C11H15NO3/c1-13(2)16-8-6-15(12-14(16)3)7-9-17(19)22-10-4-5-11-23-18(20)21;1-11(2)14-7-6-13(10-12(14)3)15(17)20-8-4-5-9-21-16(18)19;1-10(2)12-7-5-11(6-8-12)4-3-9-16-13(14)15;1-9(2)11-5-3-10(4-6-11)7-8-15-12(13)14/h6-9,12-13H,4-5,10-11H2,1-3H3;6-7,10-11H,4-5,8-9H2,1-3H3;5-8,10H,3-4,9H2,1-2H3;3-6,9H,7-8H2,1-2H3/b9-7+;;;. The molecule has 0 aliphatic heterocycles. The summed E-state index contributed by atoms with van der Waals surface area (Å²) < 4.78 is 10.1. The lowest BCUT2D eigenvalue weighted by Crippen LogP contribution is -2.09. The summed E-state index contributed by atoms with van der Waals surface area (Å²) in [6.07, 6.45) is 7.14. The molecule has 0 saturated heterocycles. The van der Waals surface area contributed by atoms with Crippen LogP contribution in [0.15, 0.2) is 91.0 Å². The van der Waals surface area contributed by atoms with Gasteiger partial charge in [0, 0.05) is 6.08 Å². The zero-order valence-corrected chi connectivity index (χ0v) is 45.1. The van der Waals surface area contributed by atoms with E-state index in [1.807, 2.05) is 55.5 Å². The summed E-state index contributed by atoms with van der Waals surface area (Å²) in [5.74, 6) is 1.13. The molecule has 0 atom stereocenters. The molecular weight excluding hydrogens is 973 g/mol. The number of nitrogens with zero attached hydrogens (tertiary/aromatic N) is 4. The summed E-state index contributed by atoms with van der Waals surface area (Å²) in [6, 6.07) is 28.0. The smallest absolute Gasteiger partial charge is 0.338 e. The summed E-state index contributed by atoms with van der Waals surface area (Å²) in [6.45, 7) is 21.9. The molecule has 0 aromatic heterocycles. The second kappa shape index (κ2) is 37.1. The van der Waals surface area contributed by atoms with Crippen LogP contribution in [0, 0.1) is 54.3 Å². The van der Waals surface area contributed by atoms with E-state index in [1.165, 1.54) is 39.5 Å². The van der Waals surface area contributed by atoms with Crippen molar-refractivity contribution in [2.75, 3.05) is 39.6 Å². The Hall–Kier alpha value is -7.64. The second-order valence-corrected chi connectivity index (χ2v) is 18.4. The van der Waals surface area contributed by atoms with Gasteiger partial charge in [-0.1, -0.05) is 128 Å². The minimum absolute atomic E-state index is 0.0157. The van der Waals surface area contributed by atoms with Crippen LogP contribution in [-0.4, -0.2) is 71.9 Å². The second-order valence-electron chi connectivity index (χ2n) is 18.4. The molecule has 0 N–H and O–H groups in total. The third kappa shape index (κ3) is 30.9. The fourth-order valence-electron chi connectivity index (χ4n) is 7.01. The number of carbonyl (C=O) groups excluding carboxylic acids is 2. The maximum absolute atomic E-state index is 11.9. The molecule has 75 heavy (non-hydrogen) atoms. The Morgan fingerprint density at radius 3 is 1.29 bits per heavy atom. The van der Waals surface area contributed by atoms with Crippen molar-refractivity contribution in [1.29, 1.82) is 0 Å². The van der Waals surface area contributed by atoms with Crippen LogP contribution in [0.4, 0.5) is 0 Å². The maximum Gasteiger partial charge on any atom is 0.338 e. The first-order chi connectivity index (χ1) is 35.5. The van der Waals surface area contributed by atoms with Gasteiger partial charge in [0.05, 0.1) is 38.6 Å². The first-order valence-electron chi connectivity index (χ1n) is 25.0. The first kappa shape index (κ1) is 65.4. The van der Waals surface area contributed by atoms with Gasteiger partial charge in [-0.3, -0.25) is 0 Å². The van der Waals surface area contributed by atoms with E-state index in [9.17, 15) is 50.0 Å². The summed E-state index contributed by atoms with van der Waals surface area (Å²) in [7, 11) is 0. The van der Waals surface area contributed by atoms with Gasteiger partial charge in [0.25, 0.3) is 20.3 Å². The molecule has 0 aliphatic rings. The molecule has 0 fully saturated rings. The minimum atomic E-state index is -0.832. The number of aryl methyl sites for hydroxylation is 3. The van der Waals surface area contributed by atoms with E-state index in [-0.39, 0.29) is 45.6 Å². The average Bonchev–Trinajstić information content (AvgIpc) is 3.34. The lowest BCUT2D eigenvalue weighted by molar-refractivity contribution is -0.757. The molecule has 20 nitrogen and oxygen atoms in total. The number of esters is 2. The Bertz CT molecular complexity index is 2370. The zero-order chi connectivity index (χ0) is 56.3. The largest absolute Gasteiger partial charge is 0.463 e. The van der Waals surface area contributed by atoms with Gasteiger partial charge >= 0.3 is 11.9 Å². The van der Waals surface area contributed by atoms with Gasteiger partial charge in [-0.05, 0) is 151 Å². The molecule has 4 aromatic rings. The summed E-state index contributed by atoms with van der Waals surface area (Å²) in [4.78, 5) is 79.9. The quantitative estimate of drug-likeness (QED) is 0.0168. The van der Waals surface area contributed by atoms with Gasteiger partial charge in [-0.25, -0.2) is 9.59 Å². The van der Waals surface area contributed by atoms with E-state index in [4.69, 9.17) is 9.47 Å². The summed E-state index contributed by atoms with van der Waals surface area (Å²) >= 11 is 0. The molecule has 0 spiro atoms. The third-order valence-electron chi connectivity index (χ3n) is 11.1. The topological polar surface area (TPSA) is 262 Å². The van der Waals surface area contributed by atoms with Crippen molar-refractivity contribution in [3.8, 4) is 0 Å². The van der Waals surface area contributed by atoms with Crippen LogP contribution in [0.25, 0.3) is 6.08 Å². The molecule has 0 saturated carbocycles. The molecule has 0 aliphatic carbocycles. The highest BCUT2D eigenvalue weighted by Gasteiger charge is 2.11. The third-order valence-corrected chi connectivity index (χ3v) is 11.1. The highest BCUT2D eigenvalue weighted by Crippen LogP contribution is 2.22. The number of benzene rings is 4. The monoisotopic (exact) mass is 1050 g/mol. The van der Waals surface area contributed by atoms with Gasteiger partial charge in [0.15, 0.2) is 0 Å². The molecule has 0 unspecified atom stereocenters. The highest BCUT2D eigenvalue weighted by molar-refractivity contribution is 5.89. The predicted octanol–water partition coefficient (Wildman–Crippen LogP) is 12.4. The first-order valence-corrected chi connectivity index (χ1v) is 25.0. The van der Waals surface area contributed by atoms with Gasteiger partial charge < -0.3 is 28.8 Å². The maximum atomic E-state index is 11.9. The molecule has 0 bridgehead atoms. The molecule has 0 amide bonds. The Balaban J connectivity index is 0.000000507. The minimum Gasteiger partial charge on any atom is -0.463 e. The number of rotatable bonds is 28. The van der Waals surface area contributed by atoms with Crippen LogP contribution < -0.4 is 0 Å². The summed E-state index contributed by atoms with van der Waals surface area (Å²) in [5, 5.41) is 36.5. The Kier molecular flexibility index (Phi) is 32.4. The van der Waals surface area contributed by atoms with Crippen LogP contribution >= 0.6 is 0 Å².